The molecule has 3 rings (SSSR count). The summed E-state index contributed by atoms with van der Waals surface area (Å²) < 4.78 is 31.7. The number of likely N-dealkylation sites (tertiary alicyclic amines) is 1. The van der Waals surface area contributed by atoms with E-state index >= 15 is 0 Å². The smallest absolute Gasteiger partial charge is 0.339 e. The number of aryl methyl sites for hydroxylation is 1. The summed E-state index contributed by atoms with van der Waals surface area (Å²) in [6.07, 6.45) is 0.0364. The number of benzene rings is 1. The number of β-lactam (4-membered cyclic amide) rings is 1. The highest BCUT2D eigenvalue weighted by Gasteiger charge is 2.42. The zero-order valence-corrected chi connectivity index (χ0v) is 17.5. The van der Waals surface area contributed by atoms with Gasteiger partial charge >= 0.3 is 16.2 Å². The molecule has 1 aliphatic heterocycles. The van der Waals surface area contributed by atoms with Crippen LogP contribution in [-0.2, 0) is 32.8 Å². The molecule has 1 fully saturated rings. The van der Waals surface area contributed by atoms with E-state index in [4.69, 9.17) is 5.73 Å². The second kappa shape index (κ2) is 8.77. The van der Waals surface area contributed by atoms with Crippen LogP contribution in [0.3, 0.4) is 0 Å². The summed E-state index contributed by atoms with van der Waals surface area (Å²) in [4.78, 5) is 37.9. The van der Waals surface area contributed by atoms with E-state index in [1.807, 2.05) is 12.1 Å². The molecule has 5 N–H and O–H groups in total. The van der Waals surface area contributed by atoms with Gasteiger partial charge < -0.3 is 11.1 Å². The molecule has 0 radical (unpaired) electrons. The molecule has 1 saturated heterocycles. The Kier molecular flexibility index (Phi) is 6.34. The fourth-order valence-corrected chi connectivity index (χ4v) is 4.15. The number of amides is 4. The Morgan fingerprint density at radius 1 is 1.30 bits per heavy atom. The number of nitrogens with two attached hydrogens (primary N) is 1. The number of nitrogens with one attached hydrogen (secondary N) is 3. The van der Waals surface area contributed by atoms with Gasteiger partial charge in [0.25, 0.3) is 5.91 Å². The normalized spacial score (nSPS) is 16.0. The molecule has 30 heavy (non-hydrogen) atoms. The summed E-state index contributed by atoms with van der Waals surface area (Å²) in [5.41, 5.74) is 7.21. The lowest BCUT2D eigenvalue weighted by molar-refractivity contribution is -0.142. The molecule has 0 saturated carbocycles. The molecule has 1 atom stereocenters. The van der Waals surface area contributed by atoms with Crippen LogP contribution in [-0.4, -0.2) is 48.1 Å². The molecule has 13 heteroatoms. The third-order valence-corrected chi connectivity index (χ3v) is 5.90. The van der Waals surface area contributed by atoms with Crippen molar-refractivity contribution in [1.82, 2.24) is 19.3 Å². The first kappa shape index (κ1) is 21.7. The highest BCUT2D eigenvalue weighted by molar-refractivity contribution is 7.91. The van der Waals surface area contributed by atoms with Gasteiger partial charge in [-0.2, -0.15) is 12.8 Å². The maximum Gasteiger partial charge on any atom is 0.339 e. The second-order valence-electron chi connectivity index (χ2n) is 6.55. The minimum atomic E-state index is -4.25. The van der Waals surface area contributed by atoms with Gasteiger partial charge in [0, 0.05) is 11.4 Å². The molecule has 4 amide bonds. The zero-order valence-electron chi connectivity index (χ0n) is 15.9. The maximum atomic E-state index is 12.2. The SMILES string of the molecule is Cc1cc(NS(=O)(=O)NC(=O)N2C[C@H](NC(=O)Cc3ccccc3CN)C2=O)ns1. The van der Waals surface area contributed by atoms with E-state index in [1.54, 1.807) is 23.8 Å². The lowest BCUT2D eigenvalue weighted by Crippen LogP contribution is -2.67. The molecule has 0 aliphatic carbocycles. The van der Waals surface area contributed by atoms with Gasteiger partial charge in [-0.05, 0) is 35.6 Å². The molecule has 2 heterocycles. The first-order chi connectivity index (χ1) is 14.2. The van der Waals surface area contributed by atoms with Crippen molar-refractivity contribution in [2.75, 3.05) is 11.3 Å². The summed E-state index contributed by atoms with van der Waals surface area (Å²) in [5.74, 6) is -1.04. The number of hydrogen-bond donors (Lipinski definition) is 4. The molecule has 1 aromatic carbocycles. The van der Waals surface area contributed by atoms with Gasteiger partial charge in [-0.3, -0.25) is 14.5 Å². The van der Waals surface area contributed by atoms with E-state index in [-0.39, 0.29) is 25.3 Å². The number of nitrogens with zero attached hydrogens (tertiary/aromatic N) is 2. The summed E-state index contributed by atoms with van der Waals surface area (Å²) >= 11 is 1.09. The standard InChI is InChI=1S/C17H20N6O5S2/c1-10-6-14(20-29-10)21-30(27,28)22-17(26)23-9-13(16(23)25)19-15(24)7-11-4-2-3-5-12(11)8-18/h2-6,13H,7-9,18H2,1H3,(H,19,24)(H,20,21)(H,22,26)/t13-/m0/s1. The predicted molar refractivity (Wildman–Crippen MR) is 110 cm³/mol. The lowest BCUT2D eigenvalue weighted by atomic mass is 10.0. The highest BCUT2D eigenvalue weighted by atomic mass is 32.2. The number of aromatic nitrogens is 1. The third-order valence-electron chi connectivity index (χ3n) is 4.29. The summed E-state index contributed by atoms with van der Waals surface area (Å²) in [5, 5.41) is 2.53. The zero-order chi connectivity index (χ0) is 21.9. The van der Waals surface area contributed by atoms with Crippen molar-refractivity contribution in [1.29, 1.82) is 0 Å². The largest absolute Gasteiger partial charge is 0.342 e. The van der Waals surface area contributed by atoms with Crippen molar-refractivity contribution in [2.45, 2.75) is 25.9 Å². The molecule has 1 aliphatic rings. The summed E-state index contributed by atoms with van der Waals surface area (Å²) in [7, 11) is -4.25. The van der Waals surface area contributed by atoms with Crippen LogP contribution in [0.4, 0.5) is 10.6 Å². The van der Waals surface area contributed by atoms with Gasteiger partial charge in [-0.25, -0.2) is 14.2 Å². The van der Waals surface area contributed by atoms with E-state index in [9.17, 15) is 22.8 Å². The highest BCUT2D eigenvalue weighted by Crippen LogP contribution is 2.15. The van der Waals surface area contributed by atoms with Crippen LogP contribution in [0.5, 0.6) is 0 Å². The molecule has 2 aromatic rings. The van der Waals surface area contributed by atoms with Gasteiger partial charge in [0.1, 0.15) is 6.04 Å². The predicted octanol–water partition coefficient (Wildman–Crippen LogP) is -0.154. The number of carbonyl (C=O) groups excluding carboxylic acids is 3. The van der Waals surface area contributed by atoms with Crippen molar-refractivity contribution in [2.24, 2.45) is 5.73 Å². The molecular formula is C17H20N6O5S2. The molecule has 11 nitrogen and oxygen atoms in total. The molecule has 1 aromatic heterocycles. The van der Waals surface area contributed by atoms with Crippen molar-refractivity contribution >= 4 is 45.4 Å². The van der Waals surface area contributed by atoms with E-state index in [0.29, 0.717) is 4.90 Å². The Hall–Kier alpha value is -3.03. The second-order valence-corrected chi connectivity index (χ2v) is 8.98. The topological polar surface area (TPSA) is 164 Å². The molecule has 0 bridgehead atoms. The minimum Gasteiger partial charge on any atom is -0.342 e. The van der Waals surface area contributed by atoms with Gasteiger partial charge in [-0.15, -0.1) is 0 Å². The average Bonchev–Trinajstić information content (AvgIpc) is 3.08. The quantitative estimate of drug-likeness (QED) is 0.424. The van der Waals surface area contributed by atoms with Crippen molar-refractivity contribution in [3.63, 3.8) is 0 Å². The average molecular weight is 453 g/mol. The van der Waals surface area contributed by atoms with Crippen molar-refractivity contribution in [3.8, 4) is 0 Å². The number of carbonyl (C=O) groups is 3. The summed E-state index contributed by atoms with van der Waals surface area (Å²) in [6.45, 7) is 1.89. The van der Waals surface area contributed by atoms with Crippen LogP contribution in [0, 0.1) is 6.92 Å². The van der Waals surface area contributed by atoms with Crippen LogP contribution < -0.4 is 20.5 Å². The minimum absolute atomic E-state index is 0.0364. The van der Waals surface area contributed by atoms with Crippen molar-refractivity contribution < 1.29 is 22.8 Å². The van der Waals surface area contributed by atoms with Crippen LogP contribution in [0.1, 0.15) is 16.0 Å². The molecular weight excluding hydrogens is 432 g/mol. The number of anilines is 1. The fraction of sp³-hybridized carbons (Fsp3) is 0.294. The molecule has 160 valence electrons. The summed E-state index contributed by atoms with van der Waals surface area (Å²) in [6, 6.07) is 6.66. The number of urea groups is 1. The van der Waals surface area contributed by atoms with E-state index in [1.165, 1.54) is 6.07 Å². The van der Waals surface area contributed by atoms with E-state index in [2.05, 4.69) is 14.4 Å². The Bertz CT molecular complexity index is 1080. The number of hydrogen-bond acceptors (Lipinski definition) is 8. The monoisotopic (exact) mass is 452 g/mol. The van der Waals surface area contributed by atoms with Gasteiger partial charge in [-0.1, -0.05) is 24.3 Å². The van der Waals surface area contributed by atoms with Gasteiger partial charge in [0.05, 0.1) is 13.0 Å². The van der Waals surface area contributed by atoms with Crippen molar-refractivity contribution in [3.05, 3.63) is 46.3 Å². The third kappa shape index (κ3) is 5.11. The molecule has 0 spiro atoms. The van der Waals surface area contributed by atoms with Crippen LogP contribution in [0.15, 0.2) is 30.3 Å². The first-order valence-electron chi connectivity index (χ1n) is 8.84. The van der Waals surface area contributed by atoms with E-state index in [0.717, 1.165) is 27.5 Å². The van der Waals surface area contributed by atoms with Crippen LogP contribution in [0.2, 0.25) is 0 Å². The number of rotatable bonds is 7. The van der Waals surface area contributed by atoms with Gasteiger partial charge in [0.2, 0.25) is 5.91 Å². The van der Waals surface area contributed by atoms with Crippen LogP contribution >= 0.6 is 11.5 Å². The Morgan fingerprint density at radius 3 is 2.60 bits per heavy atom. The molecule has 0 unspecified atom stereocenters. The first-order valence-corrected chi connectivity index (χ1v) is 11.1. The number of imide groups is 1. The Balaban J connectivity index is 1.50. The van der Waals surface area contributed by atoms with E-state index < -0.39 is 34.1 Å². The van der Waals surface area contributed by atoms with Crippen LogP contribution in [0.25, 0.3) is 0 Å². The van der Waals surface area contributed by atoms with Gasteiger partial charge in [0.15, 0.2) is 5.82 Å². The maximum absolute atomic E-state index is 12.2. The lowest BCUT2D eigenvalue weighted by Gasteiger charge is -2.36. The fourth-order valence-electron chi connectivity index (χ4n) is 2.81. The Morgan fingerprint density at radius 2 is 2.00 bits per heavy atom. The Labute approximate surface area is 177 Å².